The standard InChI is InChI=1S/C13H16O2.C12H14O2.C11H12O2.C10H10O2/c14-12-9-5-4-8-11(13(12)15)10-6-2-1-3-7-10;13-11-8-4-3-7-10(12(11)14)9-5-1-2-6-9;12-10-7-2-1-6-9(11(10)13)8-4-3-5-8;11-9-4-2-1-3-8(10(9)12)7-5-6-7/h4-5,8-10H,1-3,6-7H2,(H,14,15);3-4,7-9H,1-2,5-6H2,(H,13,14);1-2,6-8H,3-5H2,(H,12,13);1-4,7H,5-6H2,(H,11,12). The third-order valence-corrected chi connectivity index (χ3v) is 11.0. The summed E-state index contributed by atoms with van der Waals surface area (Å²) in [5.74, 6) is 1.35. The largest absolute Gasteiger partial charge is 0.504 e. The molecule has 4 aromatic rings. The van der Waals surface area contributed by atoms with Crippen LogP contribution in [0, 0.1) is 0 Å². The Balaban J connectivity index is 0.000000139. The van der Waals surface area contributed by atoms with Gasteiger partial charge in [-0.15, -0.1) is 0 Å². The van der Waals surface area contributed by atoms with Crippen LogP contribution < -0.4 is 21.7 Å². The molecule has 0 bridgehead atoms. The highest BCUT2D eigenvalue weighted by Crippen LogP contribution is 2.42. The minimum absolute atomic E-state index is 0.0492. The molecule has 0 unspecified atom stereocenters. The highest BCUT2D eigenvalue weighted by atomic mass is 16.3. The molecule has 284 valence electrons. The van der Waals surface area contributed by atoms with Crippen molar-refractivity contribution in [2.45, 2.75) is 114 Å². The quantitative estimate of drug-likeness (QED) is 0.163. The summed E-state index contributed by atoms with van der Waals surface area (Å²) in [4.78, 5) is 45.1. The predicted octanol–water partition coefficient (Wildman–Crippen LogP) is 8.86. The van der Waals surface area contributed by atoms with Gasteiger partial charge in [0.15, 0.2) is 23.0 Å². The zero-order valence-electron chi connectivity index (χ0n) is 30.9. The van der Waals surface area contributed by atoms with Crippen LogP contribution in [0.5, 0.6) is 23.0 Å². The van der Waals surface area contributed by atoms with Crippen molar-refractivity contribution < 1.29 is 20.4 Å². The molecule has 0 aliphatic heterocycles. The fraction of sp³-hybridized carbons (Fsp3) is 0.391. The molecular weight excluding hydrogens is 680 g/mol. The van der Waals surface area contributed by atoms with Crippen LogP contribution in [0.25, 0.3) is 0 Å². The van der Waals surface area contributed by atoms with Crippen LogP contribution in [0.4, 0.5) is 0 Å². The summed E-state index contributed by atoms with van der Waals surface area (Å²) in [6.07, 6.45) is 16.1. The lowest BCUT2D eigenvalue weighted by Crippen LogP contribution is -2.10. The maximum atomic E-state index is 11.4. The lowest BCUT2D eigenvalue weighted by Gasteiger charge is -2.25. The summed E-state index contributed by atoms with van der Waals surface area (Å²) in [5, 5.41) is 38.5. The smallest absolute Gasteiger partial charge is 0.220 e. The number of aromatic hydroxyl groups is 4. The van der Waals surface area contributed by atoms with Crippen molar-refractivity contribution in [1.82, 2.24) is 0 Å². The fourth-order valence-electron chi connectivity index (χ4n) is 7.49. The summed E-state index contributed by atoms with van der Waals surface area (Å²) in [6.45, 7) is 0. The third-order valence-electron chi connectivity index (χ3n) is 11.0. The van der Waals surface area contributed by atoms with Gasteiger partial charge in [0.05, 0.1) is 0 Å². The molecule has 8 heteroatoms. The van der Waals surface area contributed by atoms with Crippen molar-refractivity contribution in [3.8, 4) is 23.0 Å². The number of rotatable bonds is 4. The Morgan fingerprint density at radius 1 is 0.296 bits per heavy atom. The Kier molecular flexibility index (Phi) is 14.6. The second-order valence-electron chi connectivity index (χ2n) is 14.8. The maximum Gasteiger partial charge on any atom is 0.220 e. The second kappa shape index (κ2) is 19.7. The highest BCUT2D eigenvalue weighted by molar-refractivity contribution is 5.37. The van der Waals surface area contributed by atoms with E-state index in [0.717, 1.165) is 73.6 Å². The van der Waals surface area contributed by atoms with E-state index < -0.39 is 0 Å². The summed E-state index contributed by atoms with van der Waals surface area (Å²) in [7, 11) is 0. The van der Waals surface area contributed by atoms with E-state index in [4.69, 9.17) is 0 Å². The third kappa shape index (κ3) is 10.9. The molecule has 54 heavy (non-hydrogen) atoms. The SMILES string of the molecule is O=c1ccccc(C2CC2)c1O.O=c1ccccc(C2CCC2)c1O.O=c1ccccc(C2CCCC2)c1O.O=c1ccccc(C2CCCCC2)c1O. The minimum atomic E-state index is -0.276. The van der Waals surface area contributed by atoms with Crippen LogP contribution >= 0.6 is 0 Å². The van der Waals surface area contributed by atoms with Crippen molar-refractivity contribution >= 4 is 0 Å². The van der Waals surface area contributed by atoms with Gasteiger partial charge in [-0.25, -0.2) is 0 Å². The van der Waals surface area contributed by atoms with Gasteiger partial charge in [-0.2, -0.15) is 0 Å². The average molecular weight is 733 g/mol. The molecule has 4 N–H and O–H groups in total. The van der Waals surface area contributed by atoms with E-state index in [1.165, 1.54) is 62.8 Å². The predicted molar refractivity (Wildman–Crippen MR) is 213 cm³/mol. The summed E-state index contributed by atoms with van der Waals surface area (Å²) in [5.41, 5.74) is 2.22. The van der Waals surface area contributed by atoms with Gasteiger partial charge in [0.2, 0.25) is 21.7 Å². The van der Waals surface area contributed by atoms with Crippen LogP contribution in [0.15, 0.2) is 116 Å². The van der Waals surface area contributed by atoms with Crippen molar-refractivity contribution in [2.24, 2.45) is 0 Å². The van der Waals surface area contributed by atoms with Crippen molar-refractivity contribution in [3.05, 3.63) is 160 Å². The van der Waals surface area contributed by atoms with Crippen molar-refractivity contribution in [2.75, 3.05) is 0 Å². The van der Waals surface area contributed by atoms with E-state index in [1.54, 1.807) is 30.3 Å². The van der Waals surface area contributed by atoms with Gasteiger partial charge in [0.25, 0.3) is 0 Å². The maximum absolute atomic E-state index is 11.4. The lowest BCUT2D eigenvalue weighted by molar-refractivity contribution is 0.392. The molecule has 0 heterocycles. The first-order chi connectivity index (χ1) is 26.2. The van der Waals surface area contributed by atoms with E-state index in [9.17, 15) is 39.6 Å². The van der Waals surface area contributed by atoms with Crippen molar-refractivity contribution in [3.63, 3.8) is 0 Å². The second-order valence-corrected chi connectivity index (χ2v) is 14.8. The molecule has 8 nitrogen and oxygen atoms in total. The first-order valence-electron chi connectivity index (χ1n) is 19.4. The fourth-order valence-corrected chi connectivity index (χ4v) is 7.49. The topological polar surface area (TPSA) is 149 Å². The van der Waals surface area contributed by atoms with Gasteiger partial charge in [-0.1, -0.05) is 111 Å². The molecule has 0 amide bonds. The molecule has 4 fully saturated rings. The van der Waals surface area contributed by atoms with Gasteiger partial charge in [-0.3, -0.25) is 19.2 Å². The Bertz CT molecular complexity index is 2100. The molecule has 0 spiro atoms. The Morgan fingerprint density at radius 3 is 0.759 bits per heavy atom. The highest BCUT2D eigenvalue weighted by Gasteiger charge is 2.26. The molecule has 0 aromatic heterocycles. The van der Waals surface area contributed by atoms with Crippen molar-refractivity contribution in [1.29, 1.82) is 0 Å². The van der Waals surface area contributed by atoms with Gasteiger partial charge in [0.1, 0.15) is 0 Å². The summed E-state index contributed by atoms with van der Waals surface area (Å²) >= 11 is 0. The van der Waals surface area contributed by atoms with Crippen LogP contribution in [0.2, 0.25) is 0 Å². The lowest BCUT2D eigenvalue weighted by atomic mass is 9.80. The van der Waals surface area contributed by atoms with Gasteiger partial charge in [0, 0.05) is 22.3 Å². The zero-order valence-corrected chi connectivity index (χ0v) is 30.9. The molecule has 0 atom stereocenters. The van der Waals surface area contributed by atoms with Gasteiger partial charge < -0.3 is 20.4 Å². The van der Waals surface area contributed by atoms with E-state index in [2.05, 4.69) is 0 Å². The van der Waals surface area contributed by atoms with E-state index in [-0.39, 0.29) is 44.7 Å². The first kappa shape index (κ1) is 40.0. The Morgan fingerprint density at radius 2 is 0.519 bits per heavy atom. The molecule has 4 aliphatic carbocycles. The van der Waals surface area contributed by atoms with Crippen LogP contribution in [-0.2, 0) is 0 Å². The van der Waals surface area contributed by atoms with Crippen LogP contribution in [0.3, 0.4) is 0 Å². The van der Waals surface area contributed by atoms with E-state index in [0.29, 0.717) is 23.7 Å². The summed E-state index contributed by atoms with van der Waals surface area (Å²) in [6, 6.07) is 27.0. The van der Waals surface area contributed by atoms with E-state index in [1.807, 2.05) is 42.5 Å². The molecule has 4 saturated carbocycles. The number of hydrogen-bond donors (Lipinski definition) is 4. The molecule has 4 aliphatic rings. The first-order valence-corrected chi connectivity index (χ1v) is 19.4. The monoisotopic (exact) mass is 732 g/mol. The summed E-state index contributed by atoms with van der Waals surface area (Å²) < 4.78 is 0. The molecule has 4 aromatic carbocycles. The van der Waals surface area contributed by atoms with E-state index >= 15 is 0 Å². The average Bonchev–Trinajstić information content (AvgIpc) is 3.97. The Labute approximate surface area is 316 Å². The van der Waals surface area contributed by atoms with Gasteiger partial charge in [-0.05, 0) is 99.3 Å². The van der Waals surface area contributed by atoms with Crippen LogP contribution in [-0.4, -0.2) is 20.4 Å². The zero-order chi connectivity index (χ0) is 38.5. The molecule has 0 saturated heterocycles. The molecular formula is C46H52O8. The minimum Gasteiger partial charge on any atom is -0.504 e. The molecule has 8 rings (SSSR count). The number of hydrogen-bond acceptors (Lipinski definition) is 8. The Hall–Kier alpha value is -5.24. The van der Waals surface area contributed by atoms with Crippen LogP contribution in [0.1, 0.15) is 136 Å². The molecule has 0 radical (unpaired) electrons. The normalized spacial score (nSPS) is 16.9. The van der Waals surface area contributed by atoms with Gasteiger partial charge >= 0.3 is 0 Å².